The van der Waals surface area contributed by atoms with E-state index in [0.29, 0.717) is 0 Å². The van der Waals surface area contributed by atoms with E-state index < -0.39 is 0 Å². The molecule has 1 aromatic heterocycles. The first kappa shape index (κ1) is 49.1. The zero-order chi connectivity index (χ0) is 54.0. The van der Waals surface area contributed by atoms with Gasteiger partial charge in [0, 0.05) is 67.2 Å². The van der Waals surface area contributed by atoms with Crippen molar-refractivity contribution in [3.8, 4) is 16.8 Å². The van der Waals surface area contributed by atoms with E-state index in [-0.39, 0.29) is 21.7 Å². The van der Waals surface area contributed by atoms with Crippen molar-refractivity contribution < 1.29 is 0 Å². The van der Waals surface area contributed by atoms with E-state index in [1.165, 1.54) is 77.9 Å². The van der Waals surface area contributed by atoms with Gasteiger partial charge >= 0.3 is 0 Å². The molecule has 5 heteroatoms. The Labute approximate surface area is 467 Å². The Morgan fingerprint density at radius 2 is 0.924 bits per heavy atom. The normalized spacial score (nSPS) is 16.2. The lowest BCUT2D eigenvalue weighted by atomic mass is 9.55. The first-order chi connectivity index (χ1) is 38.1. The second-order valence-electron chi connectivity index (χ2n) is 25.4. The van der Waals surface area contributed by atoms with Crippen molar-refractivity contribution in [1.82, 2.24) is 4.57 Å². The third-order valence-electron chi connectivity index (χ3n) is 18.5. The number of rotatable bonds is 9. The van der Waals surface area contributed by atoms with E-state index in [1.807, 2.05) is 0 Å². The standard InChI is InChI=1S/C74H68BN4/c1-71(2)39-40-72(3,4)60-43-49(34-38-59(60)71)76-64-44-54(77(50-24-13-9-14-25-50)51-26-15-10-16-27-51)35-37-56(64)58-45-66(78(52-28-17-11-18-29-52)53-30-19-12-20-31-53)67-57-36-33-48-23-21-22-32-55(48)69(57)79-65-47-62-61(46-63(65)75-68(58)70(67)79)73(5,6)41-42-74(62,7)8/h9-38,43-47,76H,39-42H2,1-8H3. The second-order valence-corrected chi connectivity index (χ2v) is 25.4. The van der Waals surface area contributed by atoms with Gasteiger partial charge in [-0.05, 0) is 171 Å². The van der Waals surface area contributed by atoms with Crippen molar-refractivity contribution in [2.75, 3.05) is 15.1 Å². The molecule has 0 amide bonds. The summed E-state index contributed by atoms with van der Waals surface area (Å²) in [5, 5.41) is 9.15. The van der Waals surface area contributed by atoms with Gasteiger partial charge in [-0.3, -0.25) is 0 Å². The summed E-state index contributed by atoms with van der Waals surface area (Å²) in [5.74, 6) is 0. The highest BCUT2D eigenvalue weighted by Gasteiger charge is 2.41. The lowest BCUT2D eigenvalue weighted by Gasteiger charge is -2.43. The smallest absolute Gasteiger partial charge is 0.197 e. The fourth-order valence-electron chi connectivity index (χ4n) is 13.9. The summed E-state index contributed by atoms with van der Waals surface area (Å²) in [4.78, 5) is 4.88. The Kier molecular flexibility index (Phi) is 11.3. The molecule has 2 aliphatic carbocycles. The summed E-state index contributed by atoms with van der Waals surface area (Å²) in [5.41, 5.74) is 23.2. The van der Waals surface area contributed by atoms with Crippen molar-refractivity contribution in [3.63, 3.8) is 0 Å². The van der Waals surface area contributed by atoms with Gasteiger partial charge in [0.15, 0.2) is 7.28 Å². The molecule has 0 bridgehead atoms. The van der Waals surface area contributed by atoms with Crippen molar-refractivity contribution in [2.24, 2.45) is 0 Å². The van der Waals surface area contributed by atoms with Crippen LogP contribution in [0.25, 0.3) is 49.4 Å². The summed E-state index contributed by atoms with van der Waals surface area (Å²) >= 11 is 0. The number of hydrogen-bond donors (Lipinski definition) is 1. The highest BCUT2D eigenvalue weighted by atomic mass is 15.2. The molecule has 79 heavy (non-hydrogen) atoms. The average molecular weight is 1020 g/mol. The fourth-order valence-corrected chi connectivity index (χ4v) is 13.9. The lowest BCUT2D eigenvalue weighted by Crippen LogP contribution is -2.41. The molecule has 1 aliphatic heterocycles. The predicted octanol–water partition coefficient (Wildman–Crippen LogP) is 19.0. The van der Waals surface area contributed by atoms with Crippen LogP contribution in [-0.4, -0.2) is 11.8 Å². The molecule has 0 atom stereocenters. The van der Waals surface area contributed by atoms with Crippen LogP contribution in [0, 0.1) is 0 Å². The zero-order valence-electron chi connectivity index (χ0n) is 47.0. The van der Waals surface area contributed by atoms with Crippen LogP contribution in [0.3, 0.4) is 0 Å². The molecule has 11 aromatic rings. The summed E-state index contributed by atoms with van der Waals surface area (Å²) in [6.45, 7) is 19.5. The summed E-state index contributed by atoms with van der Waals surface area (Å²) in [6.07, 6.45) is 4.60. The molecule has 1 N–H and O–H groups in total. The number of para-hydroxylation sites is 4. The molecule has 387 valence electrons. The Morgan fingerprint density at radius 3 is 1.52 bits per heavy atom. The average Bonchev–Trinajstić information content (AvgIpc) is 3.25. The molecule has 2 heterocycles. The Bertz CT molecular complexity index is 4110. The third kappa shape index (κ3) is 8.02. The van der Waals surface area contributed by atoms with Gasteiger partial charge in [0.1, 0.15) is 0 Å². The Hall–Kier alpha value is -8.28. The molecule has 0 unspecified atom stereocenters. The minimum atomic E-state index is 0.0199. The maximum absolute atomic E-state index is 4.20. The third-order valence-corrected chi connectivity index (χ3v) is 18.5. The van der Waals surface area contributed by atoms with Crippen LogP contribution in [-0.2, 0) is 21.7 Å². The van der Waals surface area contributed by atoms with E-state index in [4.69, 9.17) is 0 Å². The van der Waals surface area contributed by atoms with Crippen molar-refractivity contribution in [3.05, 3.63) is 235 Å². The number of anilines is 8. The first-order valence-corrected chi connectivity index (χ1v) is 28.6. The largest absolute Gasteiger partial charge is 0.355 e. The van der Waals surface area contributed by atoms with Gasteiger partial charge in [-0.25, -0.2) is 0 Å². The van der Waals surface area contributed by atoms with Gasteiger partial charge in [-0.2, -0.15) is 0 Å². The van der Waals surface area contributed by atoms with E-state index in [9.17, 15) is 0 Å². The molecule has 10 aromatic carbocycles. The number of aromatic nitrogens is 1. The molecular formula is C74H68BN4. The molecule has 1 radical (unpaired) electrons. The number of nitrogens with zero attached hydrogens (tertiary/aromatic N) is 3. The second kappa shape index (κ2) is 18.1. The van der Waals surface area contributed by atoms with Crippen LogP contribution >= 0.6 is 0 Å². The number of fused-ring (bicyclic) bond motifs is 9. The number of benzene rings is 10. The molecule has 0 saturated heterocycles. The topological polar surface area (TPSA) is 23.4 Å². The summed E-state index contributed by atoms with van der Waals surface area (Å²) < 4.78 is 2.68. The van der Waals surface area contributed by atoms with Gasteiger partial charge in [0.2, 0.25) is 0 Å². The highest BCUT2D eigenvalue weighted by molar-refractivity contribution is 6.74. The minimum Gasteiger partial charge on any atom is -0.355 e. The molecule has 14 rings (SSSR count). The molecule has 0 saturated carbocycles. The molecule has 0 spiro atoms. The van der Waals surface area contributed by atoms with Crippen LogP contribution in [0.4, 0.5) is 45.5 Å². The van der Waals surface area contributed by atoms with Crippen molar-refractivity contribution in [2.45, 2.75) is 103 Å². The van der Waals surface area contributed by atoms with E-state index in [1.54, 1.807) is 0 Å². The maximum Gasteiger partial charge on any atom is 0.197 e. The molecular weight excluding hydrogens is 956 g/mol. The quantitative estimate of drug-likeness (QED) is 0.146. The van der Waals surface area contributed by atoms with Crippen LogP contribution in [0.2, 0.25) is 0 Å². The van der Waals surface area contributed by atoms with Gasteiger partial charge in [-0.1, -0.05) is 188 Å². The van der Waals surface area contributed by atoms with Crippen molar-refractivity contribution >= 4 is 96.3 Å². The van der Waals surface area contributed by atoms with Crippen LogP contribution in [0.15, 0.2) is 212 Å². The monoisotopic (exact) mass is 1020 g/mol. The highest BCUT2D eigenvalue weighted by Crippen LogP contribution is 2.52. The van der Waals surface area contributed by atoms with Gasteiger partial charge in [0.25, 0.3) is 0 Å². The van der Waals surface area contributed by atoms with E-state index in [0.717, 1.165) is 75.9 Å². The molecule has 3 aliphatic rings. The van der Waals surface area contributed by atoms with Gasteiger partial charge in [0.05, 0.1) is 16.7 Å². The molecule has 0 fully saturated rings. The van der Waals surface area contributed by atoms with E-state index in [2.05, 4.69) is 295 Å². The zero-order valence-corrected chi connectivity index (χ0v) is 47.0. The predicted molar refractivity (Wildman–Crippen MR) is 338 cm³/mol. The SMILES string of the molecule is CC1(C)CCC(C)(C)c2cc(Nc3cc(N(c4ccccc4)c4ccccc4)ccc3-c3cc(N(c4ccccc4)c4ccccc4)c4c5ccc6ccccc6c5n5c4c3[B]c3cc4c(cc3-5)C(C)(C)CCC4(C)C)ccc21. The lowest BCUT2D eigenvalue weighted by molar-refractivity contribution is 0.332. The van der Waals surface area contributed by atoms with Crippen LogP contribution in [0.5, 0.6) is 0 Å². The summed E-state index contributed by atoms with van der Waals surface area (Å²) in [7, 11) is 2.55. The Morgan fingerprint density at radius 1 is 0.405 bits per heavy atom. The van der Waals surface area contributed by atoms with Gasteiger partial charge in [-0.15, -0.1) is 0 Å². The van der Waals surface area contributed by atoms with Crippen molar-refractivity contribution in [1.29, 1.82) is 0 Å². The maximum atomic E-state index is 4.20. The van der Waals surface area contributed by atoms with Crippen LogP contribution in [0.1, 0.15) is 103 Å². The molecule has 4 nitrogen and oxygen atoms in total. The first-order valence-electron chi connectivity index (χ1n) is 28.6. The summed E-state index contributed by atoms with van der Waals surface area (Å²) in [6, 6.07) is 79.3. The Balaban J connectivity index is 1.12. The number of hydrogen-bond acceptors (Lipinski definition) is 3. The number of nitrogens with one attached hydrogen (secondary N) is 1. The van der Waals surface area contributed by atoms with Gasteiger partial charge < -0.3 is 19.7 Å². The minimum absolute atomic E-state index is 0.0199. The fraction of sp³-hybridized carbons (Fsp3) is 0.216. The van der Waals surface area contributed by atoms with E-state index >= 15 is 0 Å². The van der Waals surface area contributed by atoms with Crippen LogP contribution < -0.4 is 26.0 Å².